The molecule has 0 aliphatic rings. The fourth-order valence-corrected chi connectivity index (χ4v) is 0.370. The lowest BCUT2D eigenvalue weighted by Crippen LogP contribution is -2.07. The van der Waals surface area contributed by atoms with E-state index < -0.39 is 5.97 Å². The van der Waals surface area contributed by atoms with Crippen molar-refractivity contribution in [3.8, 4) is 0 Å². The summed E-state index contributed by atoms with van der Waals surface area (Å²) in [6.07, 6.45) is 2.06. The van der Waals surface area contributed by atoms with Gasteiger partial charge in [-0.15, -0.1) is 0 Å². The van der Waals surface area contributed by atoms with E-state index in [-0.39, 0.29) is 6.10 Å². The molecule has 0 rings (SSSR count). The first-order chi connectivity index (χ1) is 4.66. The Morgan fingerprint density at radius 3 is 2.70 bits per heavy atom. The molecule has 0 aromatic rings. The van der Waals surface area contributed by atoms with E-state index in [0.29, 0.717) is 0 Å². The van der Waals surface area contributed by atoms with Crippen molar-refractivity contribution in [3.05, 3.63) is 23.7 Å². The van der Waals surface area contributed by atoms with Crippen LogP contribution in [-0.2, 0) is 9.53 Å². The summed E-state index contributed by atoms with van der Waals surface area (Å²) < 4.78 is 4.68. The quantitative estimate of drug-likeness (QED) is 0.328. The van der Waals surface area contributed by atoms with Crippen LogP contribution in [-0.4, -0.2) is 12.1 Å². The van der Waals surface area contributed by atoms with Gasteiger partial charge in [-0.05, 0) is 13.8 Å². The van der Waals surface area contributed by atoms with Gasteiger partial charge in [0.1, 0.15) is 0 Å². The van der Waals surface area contributed by atoms with E-state index in [0.717, 1.165) is 12.3 Å². The van der Waals surface area contributed by atoms with Crippen LogP contribution >= 0.6 is 0 Å². The number of carbonyl (C=O) groups excluding carboxylic acids is 1. The molecule has 0 amide bonds. The molecule has 0 aromatic heterocycles. The van der Waals surface area contributed by atoms with Crippen LogP contribution in [0.1, 0.15) is 13.8 Å². The van der Waals surface area contributed by atoms with Crippen molar-refractivity contribution in [2.75, 3.05) is 0 Å². The second kappa shape index (κ2) is 4.57. The van der Waals surface area contributed by atoms with Crippen LogP contribution in [0.25, 0.3) is 4.85 Å². The van der Waals surface area contributed by atoms with Gasteiger partial charge >= 0.3 is 5.97 Å². The fourth-order valence-electron chi connectivity index (χ4n) is 0.370. The Bertz CT molecular complexity index is 177. The Kier molecular flexibility index (Phi) is 3.97. The van der Waals surface area contributed by atoms with Crippen LogP contribution < -0.4 is 0 Å². The Labute approximate surface area is 60.1 Å². The van der Waals surface area contributed by atoms with Crippen LogP contribution in [0.15, 0.2) is 12.3 Å². The maximum Gasteiger partial charge on any atom is 0.319 e. The van der Waals surface area contributed by atoms with Gasteiger partial charge in [0.25, 0.3) is 0 Å². The van der Waals surface area contributed by atoms with Crippen LogP contribution in [0.5, 0.6) is 0 Å². The maximum absolute atomic E-state index is 10.6. The first kappa shape index (κ1) is 8.70. The summed E-state index contributed by atoms with van der Waals surface area (Å²) in [4.78, 5) is 13.4. The zero-order valence-corrected chi connectivity index (χ0v) is 6.00. The molecule has 0 aliphatic heterocycles. The van der Waals surface area contributed by atoms with E-state index >= 15 is 0 Å². The number of hydrogen-bond acceptors (Lipinski definition) is 2. The molecule has 3 nitrogen and oxygen atoms in total. The first-order valence-electron chi connectivity index (χ1n) is 2.90. The SMILES string of the molecule is [C-]#[N+]/C=C/C(=O)OC(C)C. The van der Waals surface area contributed by atoms with E-state index in [1.807, 2.05) is 0 Å². The van der Waals surface area contributed by atoms with Gasteiger partial charge in [-0.1, -0.05) is 0 Å². The van der Waals surface area contributed by atoms with Gasteiger partial charge in [0.05, 0.1) is 12.7 Å². The molecule has 0 radical (unpaired) electrons. The van der Waals surface area contributed by atoms with Crippen molar-refractivity contribution in [3.63, 3.8) is 0 Å². The average molecular weight is 139 g/mol. The molecule has 0 N–H and O–H groups in total. The lowest BCUT2D eigenvalue weighted by Gasteiger charge is -2.02. The van der Waals surface area contributed by atoms with Crippen molar-refractivity contribution < 1.29 is 9.53 Å². The van der Waals surface area contributed by atoms with E-state index in [1.54, 1.807) is 13.8 Å². The second-order valence-corrected chi connectivity index (χ2v) is 1.93. The van der Waals surface area contributed by atoms with Gasteiger partial charge in [0.2, 0.25) is 0 Å². The highest BCUT2D eigenvalue weighted by Crippen LogP contribution is 1.89. The zero-order chi connectivity index (χ0) is 7.98. The normalized spacial score (nSPS) is 9.80. The summed E-state index contributed by atoms with van der Waals surface area (Å²) >= 11 is 0. The van der Waals surface area contributed by atoms with E-state index in [4.69, 9.17) is 6.57 Å². The number of rotatable bonds is 2. The summed E-state index contributed by atoms with van der Waals surface area (Å²) in [5.74, 6) is -0.467. The second-order valence-electron chi connectivity index (χ2n) is 1.93. The third-order valence-electron chi connectivity index (χ3n) is 0.637. The highest BCUT2D eigenvalue weighted by molar-refractivity contribution is 5.82. The lowest BCUT2D eigenvalue weighted by molar-refractivity contribution is -0.141. The number of carbonyl (C=O) groups is 1. The van der Waals surface area contributed by atoms with Crippen LogP contribution in [0, 0.1) is 6.57 Å². The summed E-state index contributed by atoms with van der Waals surface area (Å²) in [6, 6.07) is 0. The number of ether oxygens (including phenoxy) is 1. The van der Waals surface area contributed by atoms with Crippen LogP contribution in [0.3, 0.4) is 0 Å². The lowest BCUT2D eigenvalue weighted by atomic mass is 10.5. The largest absolute Gasteiger partial charge is 0.461 e. The minimum atomic E-state index is -0.467. The summed E-state index contributed by atoms with van der Waals surface area (Å²) in [5.41, 5.74) is 0. The minimum Gasteiger partial charge on any atom is -0.461 e. The van der Waals surface area contributed by atoms with E-state index in [1.165, 1.54) is 0 Å². The van der Waals surface area contributed by atoms with Crippen LogP contribution in [0.2, 0.25) is 0 Å². The highest BCUT2D eigenvalue weighted by Gasteiger charge is 1.97. The minimum absolute atomic E-state index is 0.122. The molecule has 0 fully saturated rings. The molecule has 54 valence electrons. The zero-order valence-electron chi connectivity index (χ0n) is 6.00. The van der Waals surface area contributed by atoms with Gasteiger partial charge in [0.15, 0.2) is 6.20 Å². The van der Waals surface area contributed by atoms with Crippen molar-refractivity contribution >= 4 is 5.97 Å². The molecule has 0 unspecified atom stereocenters. The predicted octanol–water partition coefficient (Wildman–Crippen LogP) is 1.37. The molecule has 0 aromatic carbocycles. The number of esters is 1. The van der Waals surface area contributed by atoms with Gasteiger partial charge in [-0.2, -0.15) is 0 Å². The van der Waals surface area contributed by atoms with Crippen molar-refractivity contribution in [1.29, 1.82) is 0 Å². The molecular weight excluding hydrogens is 130 g/mol. The van der Waals surface area contributed by atoms with Crippen molar-refractivity contribution in [2.45, 2.75) is 20.0 Å². The van der Waals surface area contributed by atoms with Gasteiger partial charge in [0, 0.05) is 6.08 Å². The molecule has 0 heterocycles. The molecule has 0 saturated heterocycles. The molecule has 0 aliphatic carbocycles. The van der Waals surface area contributed by atoms with Gasteiger partial charge in [-0.3, -0.25) is 0 Å². The van der Waals surface area contributed by atoms with Gasteiger partial charge < -0.3 is 4.74 Å². The highest BCUT2D eigenvalue weighted by atomic mass is 16.5. The number of hydrogen-bond donors (Lipinski definition) is 0. The Morgan fingerprint density at radius 2 is 2.30 bits per heavy atom. The first-order valence-corrected chi connectivity index (χ1v) is 2.90. The maximum atomic E-state index is 10.6. The Balaban J connectivity index is 3.67. The summed E-state index contributed by atoms with van der Waals surface area (Å²) in [5, 5.41) is 0. The standard InChI is InChI=1S/C7H9NO2/c1-6(2)10-7(9)4-5-8-3/h4-6H,1-2H3/b5-4+. The van der Waals surface area contributed by atoms with E-state index in [2.05, 4.69) is 9.58 Å². The monoisotopic (exact) mass is 139 g/mol. The third-order valence-corrected chi connectivity index (χ3v) is 0.637. The van der Waals surface area contributed by atoms with Crippen LogP contribution in [0.4, 0.5) is 0 Å². The Morgan fingerprint density at radius 1 is 1.70 bits per heavy atom. The third kappa shape index (κ3) is 4.85. The molecule has 0 spiro atoms. The van der Waals surface area contributed by atoms with Crippen molar-refractivity contribution in [1.82, 2.24) is 0 Å². The summed E-state index contributed by atoms with van der Waals surface area (Å²) in [7, 11) is 0. The van der Waals surface area contributed by atoms with Crippen molar-refractivity contribution in [2.24, 2.45) is 0 Å². The molecule has 10 heavy (non-hydrogen) atoms. The topological polar surface area (TPSA) is 30.7 Å². The van der Waals surface area contributed by atoms with Gasteiger partial charge in [-0.25, -0.2) is 9.64 Å². The molecule has 3 heteroatoms. The fraction of sp³-hybridized carbons (Fsp3) is 0.429. The van der Waals surface area contributed by atoms with E-state index in [9.17, 15) is 4.79 Å². The molecular formula is C7H9NO2. The average Bonchev–Trinajstić information content (AvgIpc) is 1.82. The summed E-state index contributed by atoms with van der Waals surface area (Å²) in [6.45, 7) is 9.82. The Hall–Kier alpha value is -1.30. The predicted molar refractivity (Wildman–Crippen MR) is 37.0 cm³/mol. The molecule has 0 saturated carbocycles. The molecule has 0 atom stereocenters. The molecule has 0 bridgehead atoms. The number of nitrogens with zero attached hydrogens (tertiary/aromatic N) is 1. The smallest absolute Gasteiger partial charge is 0.319 e.